The number of imide groups is 2. The van der Waals surface area contributed by atoms with E-state index in [1.807, 2.05) is 12.2 Å². The van der Waals surface area contributed by atoms with E-state index in [1.165, 1.54) is 0 Å². The summed E-state index contributed by atoms with van der Waals surface area (Å²) in [6.07, 6.45) is 6.52. The largest absolute Gasteiger partial charge is 0.459 e. The lowest BCUT2D eigenvalue weighted by Crippen LogP contribution is -2.36. The van der Waals surface area contributed by atoms with Crippen LogP contribution >= 0.6 is 0 Å². The van der Waals surface area contributed by atoms with Gasteiger partial charge in [0, 0.05) is 13.2 Å². The van der Waals surface area contributed by atoms with Crippen molar-refractivity contribution in [3.05, 3.63) is 24.3 Å². The number of aliphatic hydroxyl groups excluding tert-OH is 1. The van der Waals surface area contributed by atoms with Gasteiger partial charge in [-0.3, -0.25) is 39.0 Å². The van der Waals surface area contributed by atoms with Gasteiger partial charge in [-0.25, -0.2) is 16.8 Å². The van der Waals surface area contributed by atoms with Gasteiger partial charge in [0.05, 0.1) is 59.6 Å². The molecule has 17 nitrogen and oxygen atoms in total. The summed E-state index contributed by atoms with van der Waals surface area (Å²) in [6.45, 7) is 9.81. The number of sulfone groups is 2. The molecule has 4 fully saturated rings. The molecule has 0 aromatic carbocycles. The molecule has 8 unspecified atom stereocenters. The smallest absolute Gasteiger partial charge is 0.321 e. The van der Waals surface area contributed by atoms with Crippen LogP contribution in [-0.4, -0.2) is 134 Å². The molecule has 6 aliphatic rings. The molecule has 0 radical (unpaired) electrons. The van der Waals surface area contributed by atoms with Crippen molar-refractivity contribution in [2.45, 2.75) is 90.0 Å². The normalized spacial score (nSPS) is 29.3. The molecule has 19 heteroatoms. The summed E-state index contributed by atoms with van der Waals surface area (Å²) in [5, 5.41) is 10.8. The predicted molar refractivity (Wildman–Crippen MR) is 185 cm³/mol. The molecule has 0 aromatic rings. The van der Waals surface area contributed by atoms with Crippen LogP contribution in [0.3, 0.4) is 0 Å². The van der Waals surface area contributed by atoms with Gasteiger partial charge in [0.25, 0.3) is 0 Å². The van der Waals surface area contributed by atoms with Crippen molar-refractivity contribution in [1.82, 2.24) is 10.2 Å². The number of fused-ring (bicyclic) bond motifs is 10. The molecule has 53 heavy (non-hydrogen) atoms. The van der Waals surface area contributed by atoms with Crippen molar-refractivity contribution < 1.29 is 69.7 Å². The molecule has 0 aromatic heterocycles. The third-order valence-electron chi connectivity index (χ3n) is 8.72. The molecule has 0 spiro atoms. The Hall–Kier alpha value is -3.52. The Morgan fingerprint density at radius 2 is 1.04 bits per heavy atom. The van der Waals surface area contributed by atoms with E-state index >= 15 is 0 Å². The highest BCUT2D eigenvalue weighted by atomic mass is 32.2. The first-order valence-corrected chi connectivity index (χ1v) is 20.9. The first-order valence-electron chi connectivity index (χ1n) is 17.2. The van der Waals surface area contributed by atoms with Crippen LogP contribution in [0.25, 0.3) is 0 Å². The Balaban J connectivity index is 0.000000196. The molecule has 0 saturated carbocycles. The van der Waals surface area contributed by atoms with E-state index in [9.17, 15) is 45.6 Å². The van der Waals surface area contributed by atoms with Crippen LogP contribution in [0, 0.1) is 23.7 Å². The first-order chi connectivity index (χ1) is 24.4. The topological polar surface area (TPSA) is 243 Å². The summed E-state index contributed by atoms with van der Waals surface area (Å²) in [5.41, 5.74) is -1.43. The van der Waals surface area contributed by atoms with Gasteiger partial charge < -0.3 is 24.1 Å². The SMILES string of the molecule is CC(C)(C)OC(=O)CS(=O)(=O)CCCN1C(=O)C2C3C=CC(O3)C2C1=O.CC(C)(C)OC(=O)CS(=O)(=O)CCCO.O=C1NC(=O)C2C3C=CC(O3)C12. The monoisotopic (exact) mass is 788 g/mol. The predicted octanol–water partition coefficient (Wildman–Crippen LogP) is -0.591. The molecular formula is C34H48N2O15S2. The quantitative estimate of drug-likeness (QED) is 0.151. The molecule has 2 N–H and O–H groups in total. The molecule has 4 bridgehead atoms. The average molecular weight is 789 g/mol. The number of nitrogens with zero attached hydrogens (tertiary/aromatic N) is 1. The highest BCUT2D eigenvalue weighted by Crippen LogP contribution is 2.45. The maximum Gasteiger partial charge on any atom is 0.321 e. The number of hydrogen-bond donors (Lipinski definition) is 2. The third-order valence-corrected chi connectivity index (χ3v) is 11.9. The number of likely N-dealkylation sites (tertiary alicyclic amines) is 1. The Labute approximate surface area is 308 Å². The van der Waals surface area contributed by atoms with Gasteiger partial charge in [-0.15, -0.1) is 0 Å². The Morgan fingerprint density at radius 1 is 0.679 bits per heavy atom. The van der Waals surface area contributed by atoms with Crippen molar-refractivity contribution in [2.75, 3.05) is 36.2 Å². The lowest BCUT2D eigenvalue weighted by molar-refractivity contribution is -0.152. The van der Waals surface area contributed by atoms with Gasteiger partial charge >= 0.3 is 11.9 Å². The first kappa shape index (κ1) is 42.2. The van der Waals surface area contributed by atoms with E-state index in [0.717, 1.165) is 4.90 Å². The van der Waals surface area contributed by atoms with Crippen molar-refractivity contribution in [3.8, 4) is 0 Å². The summed E-state index contributed by atoms with van der Waals surface area (Å²) in [5.74, 6) is -5.83. The number of esters is 2. The zero-order valence-corrected chi connectivity index (χ0v) is 32.1. The van der Waals surface area contributed by atoms with E-state index < -0.39 is 66.2 Å². The van der Waals surface area contributed by atoms with E-state index in [2.05, 4.69) is 5.32 Å². The number of carbonyl (C=O) groups is 6. The lowest BCUT2D eigenvalue weighted by atomic mass is 9.85. The van der Waals surface area contributed by atoms with Crippen LogP contribution in [0.1, 0.15) is 54.4 Å². The van der Waals surface area contributed by atoms with Crippen LogP contribution in [0.4, 0.5) is 0 Å². The second-order valence-corrected chi connectivity index (χ2v) is 19.8. The maximum absolute atomic E-state index is 12.4. The minimum atomic E-state index is -3.67. The molecule has 8 atom stereocenters. The number of carbonyl (C=O) groups excluding carboxylic acids is 6. The van der Waals surface area contributed by atoms with Crippen LogP contribution in [-0.2, 0) is 67.4 Å². The zero-order valence-electron chi connectivity index (χ0n) is 30.5. The van der Waals surface area contributed by atoms with E-state index in [-0.39, 0.29) is 97.4 Å². The van der Waals surface area contributed by atoms with Gasteiger partial charge in [-0.05, 0) is 54.4 Å². The van der Waals surface area contributed by atoms with E-state index in [0.29, 0.717) is 0 Å². The lowest BCUT2D eigenvalue weighted by Gasteiger charge is -2.19. The summed E-state index contributed by atoms with van der Waals surface area (Å²) >= 11 is 0. The highest BCUT2D eigenvalue weighted by Gasteiger charge is 2.60. The van der Waals surface area contributed by atoms with E-state index in [4.69, 9.17) is 24.1 Å². The van der Waals surface area contributed by atoms with Gasteiger partial charge in [0.15, 0.2) is 19.7 Å². The third kappa shape index (κ3) is 10.8. The second kappa shape index (κ2) is 16.1. The number of rotatable bonds is 11. The van der Waals surface area contributed by atoms with Crippen LogP contribution in [0.5, 0.6) is 0 Å². The number of ether oxygens (including phenoxy) is 4. The molecular weight excluding hydrogens is 741 g/mol. The minimum Gasteiger partial charge on any atom is -0.459 e. The maximum atomic E-state index is 12.4. The molecule has 4 saturated heterocycles. The number of amides is 4. The zero-order chi connectivity index (χ0) is 39.7. The van der Waals surface area contributed by atoms with E-state index in [1.54, 1.807) is 53.7 Å². The molecule has 0 aliphatic carbocycles. The fourth-order valence-electron chi connectivity index (χ4n) is 6.78. The Bertz CT molecular complexity index is 1700. The van der Waals surface area contributed by atoms with Crippen LogP contribution < -0.4 is 5.32 Å². The van der Waals surface area contributed by atoms with Gasteiger partial charge in [-0.1, -0.05) is 24.3 Å². The van der Waals surface area contributed by atoms with Crippen molar-refractivity contribution in [2.24, 2.45) is 23.7 Å². The van der Waals surface area contributed by atoms with Gasteiger partial charge in [-0.2, -0.15) is 0 Å². The second-order valence-electron chi connectivity index (χ2n) is 15.5. The Kier molecular flexibility index (Phi) is 12.8. The van der Waals surface area contributed by atoms with Gasteiger partial charge in [0.1, 0.15) is 22.7 Å². The molecule has 296 valence electrons. The number of hydrogen-bond acceptors (Lipinski definition) is 15. The van der Waals surface area contributed by atoms with Gasteiger partial charge in [0.2, 0.25) is 23.6 Å². The molecule has 6 rings (SSSR count). The van der Waals surface area contributed by atoms with Crippen molar-refractivity contribution in [1.29, 1.82) is 0 Å². The summed E-state index contributed by atoms with van der Waals surface area (Å²) < 4.78 is 67.5. The fraction of sp³-hybridized carbons (Fsp3) is 0.706. The summed E-state index contributed by atoms with van der Waals surface area (Å²) in [4.78, 5) is 71.3. The van der Waals surface area contributed by atoms with Crippen molar-refractivity contribution >= 4 is 55.2 Å². The highest BCUT2D eigenvalue weighted by molar-refractivity contribution is 7.92. The number of nitrogens with one attached hydrogen (secondary N) is 1. The van der Waals surface area contributed by atoms with Crippen molar-refractivity contribution in [3.63, 3.8) is 0 Å². The standard InChI is InChI=1S/C17H23NO7S.C9H18O5S.C8H7NO3/c1-17(2,3)25-12(19)9-26(22,23)8-4-7-18-15(20)13-10-5-6-11(24-10)14(13)16(18)21;1-9(2,3)14-8(11)7-15(12,13)6-4-5-10;10-7-5-3-1-2-4(12-3)6(5)8(11)9-7/h5-6,10-11,13-14H,4,7-9H2,1-3H3;10H,4-7H2,1-3H3;1-6H,(H,9,10,11). The minimum absolute atomic E-state index is 0.0255. The molecule has 6 heterocycles. The summed E-state index contributed by atoms with van der Waals surface area (Å²) in [7, 11) is -7.12. The Morgan fingerprint density at radius 3 is 1.40 bits per heavy atom. The summed E-state index contributed by atoms with van der Waals surface area (Å²) in [6, 6.07) is 0. The molecule has 6 aliphatic heterocycles. The van der Waals surface area contributed by atoms with Crippen LogP contribution in [0.15, 0.2) is 24.3 Å². The average Bonchev–Trinajstić information content (AvgIpc) is 3.84. The van der Waals surface area contributed by atoms with Crippen LogP contribution in [0.2, 0.25) is 0 Å². The molecule has 4 amide bonds. The fourth-order valence-corrected chi connectivity index (χ4v) is 9.04. The number of aliphatic hydroxyl groups is 1.